The maximum absolute atomic E-state index is 15.1. The first-order chi connectivity index (χ1) is 20.3. The Morgan fingerprint density at radius 3 is 2.69 bits per heavy atom. The Morgan fingerprint density at radius 2 is 1.95 bits per heavy atom. The number of hydrogen-bond acceptors (Lipinski definition) is 5. The molecule has 3 aliphatic rings. The Hall–Kier alpha value is -3.45. The number of carboxylic acids is 1. The molecule has 6 nitrogen and oxygen atoms in total. The minimum atomic E-state index is -0.748. The van der Waals surface area contributed by atoms with Crippen molar-refractivity contribution in [2.75, 3.05) is 13.7 Å². The van der Waals surface area contributed by atoms with Crippen LogP contribution >= 0.6 is 0 Å². The van der Waals surface area contributed by atoms with Crippen LogP contribution in [0.4, 0.5) is 4.39 Å². The number of methoxy groups -OCH3 is 1. The highest BCUT2D eigenvalue weighted by Gasteiger charge is 2.39. The molecule has 1 aliphatic carbocycles. The Labute approximate surface area is 247 Å². The number of piperidine rings is 1. The van der Waals surface area contributed by atoms with Crippen molar-refractivity contribution in [1.82, 2.24) is 9.88 Å². The van der Waals surface area contributed by atoms with Gasteiger partial charge in [-0.1, -0.05) is 43.7 Å². The van der Waals surface area contributed by atoms with Gasteiger partial charge in [0.1, 0.15) is 17.7 Å². The average molecular weight is 573 g/mol. The van der Waals surface area contributed by atoms with Gasteiger partial charge in [0.15, 0.2) is 0 Å². The van der Waals surface area contributed by atoms with Crippen LogP contribution in [0.2, 0.25) is 0 Å². The van der Waals surface area contributed by atoms with Gasteiger partial charge in [-0.25, -0.2) is 9.37 Å². The van der Waals surface area contributed by atoms with Gasteiger partial charge in [-0.2, -0.15) is 0 Å². The molecule has 1 N–H and O–H groups in total. The predicted molar refractivity (Wildman–Crippen MR) is 160 cm³/mol. The maximum atomic E-state index is 15.1. The van der Waals surface area contributed by atoms with Crippen molar-refractivity contribution in [1.29, 1.82) is 0 Å². The topological polar surface area (TPSA) is 71.9 Å². The van der Waals surface area contributed by atoms with Crippen LogP contribution in [0.25, 0.3) is 11.1 Å². The lowest BCUT2D eigenvalue weighted by molar-refractivity contribution is -0.142. The van der Waals surface area contributed by atoms with E-state index in [0.717, 1.165) is 72.3 Å². The summed E-state index contributed by atoms with van der Waals surface area (Å²) in [5.74, 6) is 0.114. The third kappa shape index (κ3) is 5.89. The van der Waals surface area contributed by atoms with Crippen molar-refractivity contribution >= 4 is 5.97 Å². The van der Waals surface area contributed by atoms with Crippen LogP contribution in [-0.4, -0.2) is 40.7 Å². The van der Waals surface area contributed by atoms with Crippen LogP contribution < -0.4 is 9.47 Å². The van der Waals surface area contributed by atoms with E-state index in [-0.39, 0.29) is 17.8 Å². The highest BCUT2D eigenvalue weighted by molar-refractivity contribution is 5.71. The number of halogens is 1. The molecular weight excluding hydrogens is 531 g/mol. The van der Waals surface area contributed by atoms with E-state index in [1.54, 1.807) is 13.2 Å². The maximum Gasteiger partial charge on any atom is 0.306 e. The van der Waals surface area contributed by atoms with Crippen LogP contribution in [-0.2, 0) is 17.8 Å². The summed E-state index contributed by atoms with van der Waals surface area (Å²) in [6.07, 6.45) is 8.57. The fourth-order valence-electron chi connectivity index (χ4n) is 6.96. The summed E-state index contributed by atoms with van der Waals surface area (Å²) in [6.45, 7) is 5.86. The number of carboxylic acid groups (broad SMARTS) is 1. The number of aliphatic carboxylic acids is 1. The third-order valence-corrected chi connectivity index (χ3v) is 9.62. The van der Waals surface area contributed by atoms with Gasteiger partial charge >= 0.3 is 5.97 Å². The summed E-state index contributed by atoms with van der Waals surface area (Å²) >= 11 is 0. The van der Waals surface area contributed by atoms with Crippen molar-refractivity contribution in [2.24, 2.45) is 11.8 Å². The van der Waals surface area contributed by atoms with E-state index >= 15 is 4.39 Å². The summed E-state index contributed by atoms with van der Waals surface area (Å²) in [5.41, 5.74) is 5.71. The smallest absolute Gasteiger partial charge is 0.306 e. The summed E-state index contributed by atoms with van der Waals surface area (Å²) in [7, 11) is 1.54. The molecule has 4 atom stereocenters. The molecule has 0 bridgehead atoms. The highest BCUT2D eigenvalue weighted by atomic mass is 19.1. The zero-order chi connectivity index (χ0) is 29.4. The standard InChI is InChI=1S/C35H41FN2O4/c1-21-6-4-5-15-38(21)20-27-16-25(11-13-28(27)29-18-33(41-3)37-19-30(29)36)31-14-12-23-7-10-26(17-32(23)42-31)34(24-8-9-24)22(2)35(39)40/h7,10-11,13,16-19,21-22,24,31,34H,4-6,8-9,12,14-15,20H2,1-3H3,(H,39,40)/t21-,22+,31+,34?/m1/s1. The molecule has 7 heteroatoms. The Kier molecular flexibility index (Phi) is 8.22. The van der Waals surface area contributed by atoms with E-state index in [2.05, 4.69) is 47.1 Å². The van der Waals surface area contributed by atoms with E-state index in [9.17, 15) is 9.90 Å². The van der Waals surface area contributed by atoms with E-state index in [0.29, 0.717) is 23.4 Å². The molecule has 6 rings (SSSR count). The second-order valence-electron chi connectivity index (χ2n) is 12.4. The molecule has 3 aromatic rings. The second kappa shape index (κ2) is 12.0. The quantitative estimate of drug-likeness (QED) is 0.285. The number of likely N-dealkylation sites (tertiary alicyclic amines) is 1. The van der Waals surface area contributed by atoms with Crippen LogP contribution in [0, 0.1) is 17.7 Å². The molecule has 1 saturated heterocycles. The zero-order valence-electron chi connectivity index (χ0n) is 24.8. The van der Waals surface area contributed by atoms with E-state index in [1.165, 1.54) is 25.5 Å². The number of nitrogens with zero attached hydrogens (tertiary/aromatic N) is 2. The molecule has 0 amide bonds. The summed E-state index contributed by atoms with van der Waals surface area (Å²) < 4.78 is 27.1. The van der Waals surface area contributed by atoms with Gasteiger partial charge in [0.25, 0.3) is 0 Å². The molecule has 3 heterocycles. The number of hydrogen-bond donors (Lipinski definition) is 1. The first kappa shape index (κ1) is 28.7. The molecule has 1 saturated carbocycles. The Balaban J connectivity index is 1.32. The van der Waals surface area contributed by atoms with Crippen LogP contribution in [0.3, 0.4) is 0 Å². The van der Waals surface area contributed by atoms with Gasteiger partial charge in [-0.15, -0.1) is 0 Å². The van der Waals surface area contributed by atoms with Gasteiger partial charge in [0.05, 0.1) is 19.2 Å². The molecule has 2 aromatic carbocycles. The predicted octanol–water partition coefficient (Wildman–Crippen LogP) is 7.55. The lowest BCUT2D eigenvalue weighted by Gasteiger charge is -2.34. The first-order valence-corrected chi connectivity index (χ1v) is 15.4. The Bertz CT molecular complexity index is 1450. The molecule has 0 radical (unpaired) electrons. The number of aryl methyl sites for hydroxylation is 1. The van der Waals surface area contributed by atoms with Crippen molar-refractivity contribution in [3.05, 3.63) is 76.7 Å². The first-order valence-electron chi connectivity index (χ1n) is 15.4. The van der Waals surface area contributed by atoms with E-state index < -0.39 is 11.9 Å². The lowest BCUT2D eigenvalue weighted by atomic mass is 9.82. The van der Waals surface area contributed by atoms with Crippen molar-refractivity contribution in [3.8, 4) is 22.8 Å². The number of aromatic nitrogens is 1. The van der Waals surface area contributed by atoms with Crippen molar-refractivity contribution < 1.29 is 23.8 Å². The number of carbonyl (C=O) groups is 1. The van der Waals surface area contributed by atoms with E-state index in [4.69, 9.17) is 9.47 Å². The molecule has 1 aromatic heterocycles. The summed E-state index contributed by atoms with van der Waals surface area (Å²) in [5, 5.41) is 9.76. The molecule has 0 spiro atoms. The highest BCUT2D eigenvalue weighted by Crippen LogP contribution is 2.48. The number of rotatable bonds is 9. The minimum Gasteiger partial charge on any atom is -0.485 e. The molecule has 42 heavy (non-hydrogen) atoms. The van der Waals surface area contributed by atoms with Crippen LogP contribution in [0.1, 0.15) is 86.6 Å². The molecule has 222 valence electrons. The van der Waals surface area contributed by atoms with Gasteiger partial charge in [0, 0.05) is 24.2 Å². The van der Waals surface area contributed by atoms with Crippen molar-refractivity contribution in [2.45, 2.75) is 83.4 Å². The van der Waals surface area contributed by atoms with Gasteiger partial charge < -0.3 is 14.6 Å². The summed E-state index contributed by atoms with van der Waals surface area (Å²) in [4.78, 5) is 18.4. The Morgan fingerprint density at radius 1 is 1.12 bits per heavy atom. The zero-order valence-corrected chi connectivity index (χ0v) is 24.8. The van der Waals surface area contributed by atoms with Crippen LogP contribution in [0.15, 0.2) is 48.7 Å². The van der Waals surface area contributed by atoms with E-state index in [1.807, 2.05) is 13.0 Å². The number of pyridine rings is 1. The number of fused-ring (bicyclic) bond motifs is 1. The summed E-state index contributed by atoms with van der Waals surface area (Å²) in [6, 6.07) is 14.7. The third-order valence-electron chi connectivity index (χ3n) is 9.62. The monoisotopic (exact) mass is 572 g/mol. The lowest BCUT2D eigenvalue weighted by Crippen LogP contribution is -2.36. The average Bonchev–Trinajstić information content (AvgIpc) is 3.83. The fraction of sp³-hybridized carbons (Fsp3) is 0.486. The minimum absolute atomic E-state index is 0.00134. The molecule has 2 aliphatic heterocycles. The largest absolute Gasteiger partial charge is 0.485 e. The number of ether oxygens (including phenoxy) is 2. The molecular formula is C35H41FN2O4. The SMILES string of the molecule is COc1cc(-c2ccc([C@@H]3CCc4ccc(C(C5CC5)[C@H](C)C(=O)O)cc4O3)cc2CN2CCCC[C@H]2C)c(F)cn1. The van der Waals surface area contributed by atoms with Gasteiger partial charge in [0.2, 0.25) is 5.88 Å². The van der Waals surface area contributed by atoms with Gasteiger partial charge in [-0.3, -0.25) is 9.69 Å². The molecule has 1 unspecified atom stereocenters. The van der Waals surface area contributed by atoms with Crippen molar-refractivity contribution in [3.63, 3.8) is 0 Å². The number of benzene rings is 2. The van der Waals surface area contributed by atoms with Gasteiger partial charge in [-0.05, 0) is 97.7 Å². The van der Waals surface area contributed by atoms with Crippen LogP contribution in [0.5, 0.6) is 11.6 Å². The molecule has 2 fully saturated rings. The fourth-order valence-corrected chi connectivity index (χ4v) is 6.96. The second-order valence-corrected chi connectivity index (χ2v) is 12.4. The normalized spacial score (nSPS) is 22.1.